The highest BCUT2D eigenvalue weighted by molar-refractivity contribution is 7.99. The molecule has 0 spiro atoms. The number of hydrogen-bond acceptors (Lipinski definition) is 4. The zero-order chi connectivity index (χ0) is 13.7. The van der Waals surface area contributed by atoms with Crippen LogP contribution in [0.15, 0.2) is 18.5 Å². The number of primary amides is 1. The number of rotatable bonds is 4. The van der Waals surface area contributed by atoms with Gasteiger partial charge in [-0.15, -0.1) is 0 Å². The van der Waals surface area contributed by atoms with Gasteiger partial charge < -0.3 is 10.6 Å². The number of pyridine rings is 1. The van der Waals surface area contributed by atoms with Crippen LogP contribution in [-0.2, 0) is 0 Å². The number of nitrogens with two attached hydrogens (primary N) is 1. The maximum atomic E-state index is 11.5. The van der Waals surface area contributed by atoms with Crippen LogP contribution in [0.25, 0.3) is 0 Å². The molecule has 104 valence electrons. The summed E-state index contributed by atoms with van der Waals surface area (Å²) in [5.74, 6) is 0.740. The molecular weight excluding hydrogens is 258 g/mol. The Hall–Kier alpha value is -1.23. The second-order valence-corrected chi connectivity index (χ2v) is 6.35. The molecule has 1 aliphatic rings. The van der Waals surface area contributed by atoms with Gasteiger partial charge in [0.2, 0.25) is 0 Å². The van der Waals surface area contributed by atoms with E-state index in [1.165, 1.54) is 19.3 Å². The van der Waals surface area contributed by atoms with Crippen molar-refractivity contribution in [3.8, 4) is 0 Å². The largest absolute Gasteiger partial charge is 0.370 e. The van der Waals surface area contributed by atoms with E-state index in [0.717, 1.165) is 24.5 Å². The van der Waals surface area contributed by atoms with Crippen LogP contribution in [0.3, 0.4) is 0 Å². The van der Waals surface area contributed by atoms with Gasteiger partial charge in [0.15, 0.2) is 0 Å². The summed E-state index contributed by atoms with van der Waals surface area (Å²) in [6.07, 6.45) is 6.98. The lowest BCUT2D eigenvalue weighted by molar-refractivity contribution is 0.100. The highest BCUT2D eigenvalue weighted by Gasteiger charge is 2.21. The number of aromatic nitrogens is 1. The van der Waals surface area contributed by atoms with E-state index in [9.17, 15) is 4.79 Å². The molecule has 5 heteroatoms. The third-order valence-corrected chi connectivity index (χ3v) is 4.62. The molecule has 4 nitrogen and oxygen atoms in total. The number of carbonyl (C=O) groups is 1. The Morgan fingerprint density at radius 2 is 2.42 bits per heavy atom. The first-order chi connectivity index (χ1) is 9.22. The third kappa shape index (κ3) is 3.62. The van der Waals surface area contributed by atoms with Gasteiger partial charge in [-0.3, -0.25) is 9.78 Å². The van der Waals surface area contributed by atoms with Gasteiger partial charge in [-0.25, -0.2) is 0 Å². The minimum absolute atomic E-state index is 0.396. The van der Waals surface area contributed by atoms with E-state index in [1.54, 1.807) is 12.4 Å². The molecule has 1 unspecified atom stereocenters. The molecule has 2 heterocycles. The Bertz CT molecular complexity index is 438. The number of anilines is 1. The lowest BCUT2D eigenvalue weighted by atomic mass is 10.2. The van der Waals surface area contributed by atoms with Crippen LogP contribution in [0.1, 0.15) is 36.5 Å². The van der Waals surface area contributed by atoms with E-state index in [-0.39, 0.29) is 0 Å². The third-order valence-electron chi connectivity index (χ3n) is 3.43. The number of carbonyl (C=O) groups excluding carboxylic acids is 1. The fourth-order valence-electron chi connectivity index (χ4n) is 2.55. The standard InChI is InChI=1S/C14H21N3OS/c1-2-19-11-5-3-4-8-17(10-11)13-6-7-16-9-12(13)14(15)18/h6-7,9,11H,2-5,8,10H2,1H3,(H2,15,18). The first-order valence-electron chi connectivity index (χ1n) is 6.82. The van der Waals surface area contributed by atoms with Crippen molar-refractivity contribution in [2.45, 2.75) is 31.4 Å². The Morgan fingerprint density at radius 3 is 3.16 bits per heavy atom. The molecule has 2 rings (SSSR count). The second-order valence-electron chi connectivity index (χ2n) is 4.78. The first kappa shape index (κ1) is 14.2. The molecule has 0 radical (unpaired) electrons. The summed E-state index contributed by atoms with van der Waals surface area (Å²) in [5, 5.41) is 0.640. The van der Waals surface area contributed by atoms with Gasteiger partial charge >= 0.3 is 0 Å². The van der Waals surface area contributed by atoms with E-state index in [1.807, 2.05) is 17.8 Å². The lowest BCUT2D eigenvalue weighted by Gasteiger charge is -2.27. The molecule has 1 amide bonds. The highest BCUT2D eigenvalue weighted by atomic mass is 32.2. The molecular formula is C14H21N3OS. The van der Waals surface area contributed by atoms with E-state index in [0.29, 0.717) is 10.8 Å². The van der Waals surface area contributed by atoms with Gasteiger partial charge in [-0.2, -0.15) is 11.8 Å². The van der Waals surface area contributed by atoms with E-state index < -0.39 is 5.91 Å². The summed E-state index contributed by atoms with van der Waals surface area (Å²) >= 11 is 2.00. The molecule has 0 aromatic carbocycles. The van der Waals surface area contributed by atoms with Crippen LogP contribution >= 0.6 is 11.8 Å². The summed E-state index contributed by atoms with van der Waals surface area (Å²) in [6, 6.07) is 1.90. The number of hydrogen-bond donors (Lipinski definition) is 1. The quantitative estimate of drug-likeness (QED) is 0.918. The van der Waals surface area contributed by atoms with Gasteiger partial charge in [-0.05, 0) is 24.7 Å². The highest BCUT2D eigenvalue weighted by Crippen LogP contribution is 2.27. The Balaban J connectivity index is 2.21. The van der Waals surface area contributed by atoms with Gasteiger partial charge in [0.1, 0.15) is 0 Å². The fourth-order valence-corrected chi connectivity index (χ4v) is 3.64. The van der Waals surface area contributed by atoms with Gasteiger partial charge in [0, 0.05) is 30.7 Å². The maximum absolute atomic E-state index is 11.5. The average Bonchev–Trinajstić information content (AvgIpc) is 2.65. The predicted molar refractivity (Wildman–Crippen MR) is 80.7 cm³/mol. The van der Waals surface area contributed by atoms with Crippen molar-refractivity contribution < 1.29 is 4.79 Å². The van der Waals surface area contributed by atoms with E-state index in [2.05, 4.69) is 16.8 Å². The van der Waals surface area contributed by atoms with E-state index >= 15 is 0 Å². The number of thioether (sulfide) groups is 1. The number of amides is 1. The Labute approximate surface area is 118 Å². The summed E-state index contributed by atoms with van der Waals surface area (Å²) in [5.41, 5.74) is 6.91. The second kappa shape index (κ2) is 6.80. The minimum atomic E-state index is -0.396. The first-order valence-corrected chi connectivity index (χ1v) is 7.87. The van der Waals surface area contributed by atoms with Crippen molar-refractivity contribution in [1.29, 1.82) is 0 Å². The molecule has 1 saturated heterocycles. The van der Waals surface area contributed by atoms with Crippen molar-refractivity contribution in [1.82, 2.24) is 4.98 Å². The summed E-state index contributed by atoms with van der Waals surface area (Å²) in [4.78, 5) is 17.8. The van der Waals surface area contributed by atoms with Crippen LogP contribution in [0.4, 0.5) is 5.69 Å². The molecule has 1 fully saturated rings. The zero-order valence-electron chi connectivity index (χ0n) is 11.3. The Kier molecular flexibility index (Phi) is 5.07. The molecule has 2 N–H and O–H groups in total. The maximum Gasteiger partial charge on any atom is 0.252 e. The van der Waals surface area contributed by atoms with Crippen LogP contribution in [0.5, 0.6) is 0 Å². The fraction of sp³-hybridized carbons (Fsp3) is 0.571. The molecule has 0 saturated carbocycles. The average molecular weight is 279 g/mol. The molecule has 1 atom stereocenters. The molecule has 1 aromatic rings. The van der Waals surface area contributed by atoms with Crippen molar-refractivity contribution in [2.75, 3.05) is 23.7 Å². The molecule has 1 aromatic heterocycles. The van der Waals surface area contributed by atoms with Crippen molar-refractivity contribution in [2.24, 2.45) is 5.73 Å². The molecule has 1 aliphatic heterocycles. The van der Waals surface area contributed by atoms with Crippen molar-refractivity contribution >= 4 is 23.4 Å². The minimum Gasteiger partial charge on any atom is -0.370 e. The molecule has 19 heavy (non-hydrogen) atoms. The monoisotopic (exact) mass is 279 g/mol. The van der Waals surface area contributed by atoms with E-state index in [4.69, 9.17) is 5.73 Å². The summed E-state index contributed by atoms with van der Waals surface area (Å²) in [6.45, 7) is 4.18. The van der Waals surface area contributed by atoms with Gasteiger partial charge in [0.25, 0.3) is 5.91 Å². The topological polar surface area (TPSA) is 59.2 Å². The van der Waals surface area contributed by atoms with Crippen molar-refractivity contribution in [3.05, 3.63) is 24.0 Å². The van der Waals surface area contributed by atoms with Crippen LogP contribution in [-0.4, -0.2) is 35.0 Å². The van der Waals surface area contributed by atoms with Crippen LogP contribution in [0, 0.1) is 0 Å². The smallest absolute Gasteiger partial charge is 0.252 e. The normalized spacial score (nSPS) is 20.1. The van der Waals surface area contributed by atoms with Crippen molar-refractivity contribution in [3.63, 3.8) is 0 Å². The molecule has 0 bridgehead atoms. The molecule has 0 aliphatic carbocycles. The van der Waals surface area contributed by atoms with Gasteiger partial charge in [0.05, 0.1) is 11.3 Å². The van der Waals surface area contributed by atoms with Crippen LogP contribution < -0.4 is 10.6 Å². The summed E-state index contributed by atoms with van der Waals surface area (Å²) < 4.78 is 0. The lowest BCUT2D eigenvalue weighted by Crippen LogP contribution is -2.31. The van der Waals surface area contributed by atoms with Gasteiger partial charge in [-0.1, -0.05) is 13.3 Å². The zero-order valence-corrected chi connectivity index (χ0v) is 12.2. The summed E-state index contributed by atoms with van der Waals surface area (Å²) in [7, 11) is 0. The SMILES string of the molecule is CCSC1CCCCN(c2ccncc2C(N)=O)C1. The van der Waals surface area contributed by atoms with Crippen LogP contribution in [0.2, 0.25) is 0 Å². The Morgan fingerprint density at radius 1 is 1.58 bits per heavy atom. The number of nitrogens with zero attached hydrogens (tertiary/aromatic N) is 2. The predicted octanol–water partition coefficient (Wildman–Crippen LogP) is 2.29.